The first-order valence-corrected chi connectivity index (χ1v) is 9.61. The molecule has 0 atom stereocenters. The van der Waals surface area contributed by atoms with E-state index in [0.717, 1.165) is 41.4 Å². The van der Waals surface area contributed by atoms with Crippen molar-refractivity contribution in [2.24, 2.45) is 4.99 Å². The highest BCUT2D eigenvalue weighted by Gasteiger charge is 2.19. The third-order valence-corrected chi connectivity index (χ3v) is 4.86. The van der Waals surface area contributed by atoms with Crippen molar-refractivity contribution >= 4 is 35.8 Å². The Kier molecular flexibility index (Phi) is 9.24. The second-order valence-corrected chi connectivity index (χ2v) is 6.83. The summed E-state index contributed by atoms with van der Waals surface area (Å²) >= 11 is 0. The lowest BCUT2D eigenvalue weighted by Gasteiger charge is -2.17. The van der Waals surface area contributed by atoms with Crippen molar-refractivity contribution in [3.05, 3.63) is 65.2 Å². The number of nitrogens with zero attached hydrogens (tertiary/aromatic N) is 2. The van der Waals surface area contributed by atoms with Gasteiger partial charge in [0, 0.05) is 45.2 Å². The van der Waals surface area contributed by atoms with E-state index in [1.807, 2.05) is 35.2 Å². The summed E-state index contributed by atoms with van der Waals surface area (Å²) in [4.78, 5) is 18.1. The maximum absolute atomic E-state index is 11.8. The molecule has 0 aromatic heterocycles. The van der Waals surface area contributed by atoms with Crippen LogP contribution in [0, 0.1) is 0 Å². The van der Waals surface area contributed by atoms with E-state index in [1.165, 1.54) is 0 Å². The summed E-state index contributed by atoms with van der Waals surface area (Å²) in [5.74, 6) is 1.84. The molecule has 2 aromatic rings. The van der Waals surface area contributed by atoms with Gasteiger partial charge in [-0.2, -0.15) is 0 Å². The van der Waals surface area contributed by atoms with Crippen LogP contribution in [-0.2, 0) is 24.4 Å². The summed E-state index contributed by atoms with van der Waals surface area (Å²) in [6.07, 6.45) is 1.64. The molecule has 2 N–H and O–H groups in total. The zero-order valence-electron chi connectivity index (χ0n) is 17.0. The molecule has 0 spiro atoms. The first-order valence-electron chi connectivity index (χ1n) is 9.61. The number of likely N-dealkylation sites (tertiary alicyclic amines) is 1. The Morgan fingerprint density at radius 3 is 2.59 bits per heavy atom. The van der Waals surface area contributed by atoms with Gasteiger partial charge in [-0.3, -0.25) is 9.79 Å². The fraction of sp³-hybridized carbons (Fsp3) is 0.364. The van der Waals surface area contributed by atoms with Crippen LogP contribution < -0.4 is 15.4 Å². The molecule has 3 rings (SSSR count). The number of halogens is 1. The summed E-state index contributed by atoms with van der Waals surface area (Å²) in [7, 11) is 3.43. The molecule has 0 saturated carbocycles. The van der Waals surface area contributed by atoms with Crippen LogP contribution in [0.1, 0.15) is 29.5 Å². The van der Waals surface area contributed by atoms with Crippen LogP contribution in [0.25, 0.3) is 0 Å². The molecule has 1 aliphatic rings. The van der Waals surface area contributed by atoms with E-state index in [4.69, 9.17) is 4.74 Å². The number of guanidine groups is 1. The Labute approximate surface area is 189 Å². The monoisotopic (exact) mass is 508 g/mol. The number of ether oxygens (including phenoxy) is 1. The molecular weight excluding hydrogens is 479 g/mol. The molecule has 6 nitrogen and oxygen atoms in total. The summed E-state index contributed by atoms with van der Waals surface area (Å²) in [6, 6.07) is 16.3. The Morgan fingerprint density at radius 1 is 1.10 bits per heavy atom. The van der Waals surface area contributed by atoms with E-state index in [-0.39, 0.29) is 29.9 Å². The van der Waals surface area contributed by atoms with Gasteiger partial charge < -0.3 is 20.3 Å². The van der Waals surface area contributed by atoms with Crippen LogP contribution in [-0.4, -0.2) is 37.5 Å². The lowest BCUT2D eigenvalue weighted by molar-refractivity contribution is -0.128. The van der Waals surface area contributed by atoms with Crippen molar-refractivity contribution in [1.29, 1.82) is 0 Å². The van der Waals surface area contributed by atoms with E-state index in [2.05, 4.69) is 33.8 Å². The number of hydrogen-bond acceptors (Lipinski definition) is 3. The molecule has 1 fully saturated rings. The van der Waals surface area contributed by atoms with Crippen molar-refractivity contribution in [2.75, 3.05) is 20.7 Å². The Balaban J connectivity index is 0.00000300. The van der Waals surface area contributed by atoms with Crippen LogP contribution >= 0.6 is 24.0 Å². The van der Waals surface area contributed by atoms with Crippen LogP contribution in [0.2, 0.25) is 0 Å². The predicted molar refractivity (Wildman–Crippen MR) is 127 cm³/mol. The molecule has 1 aliphatic heterocycles. The summed E-state index contributed by atoms with van der Waals surface area (Å²) in [6.45, 7) is 2.84. The summed E-state index contributed by atoms with van der Waals surface area (Å²) in [5, 5.41) is 6.66. The third-order valence-electron chi connectivity index (χ3n) is 4.86. The maximum atomic E-state index is 11.8. The lowest BCUT2D eigenvalue weighted by Crippen LogP contribution is -2.36. The predicted octanol–water partition coefficient (Wildman–Crippen LogP) is 3.30. The minimum absolute atomic E-state index is 0. The number of amides is 1. The van der Waals surface area contributed by atoms with Crippen molar-refractivity contribution in [3.8, 4) is 5.75 Å². The van der Waals surface area contributed by atoms with Gasteiger partial charge in [0.05, 0.1) is 7.11 Å². The van der Waals surface area contributed by atoms with Crippen LogP contribution in [0.5, 0.6) is 5.75 Å². The molecule has 1 amide bonds. The van der Waals surface area contributed by atoms with Crippen molar-refractivity contribution < 1.29 is 9.53 Å². The SMILES string of the molecule is CN=C(NCc1cccc(CN2CCCC2=O)c1)NCc1ccccc1OC.I. The highest BCUT2D eigenvalue weighted by atomic mass is 127. The van der Waals surface area contributed by atoms with Gasteiger partial charge in [-0.1, -0.05) is 42.5 Å². The number of hydrogen-bond donors (Lipinski definition) is 2. The molecule has 2 aromatic carbocycles. The van der Waals surface area contributed by atoms with Gasteiger partial charge in [-0.25, -0.2) is 0 Å². The fourth-order valence-corrected chi connectivity index (χ4v) is 3.36. The smallest absolute Gasteiger partial charge is 0.222 e. The van der Waals surface area contributed by atoms with Gasteiger partial charge >= 0.3 is 0 Å². The number of carbonyl (C=O) groups excluding carboxylic acids is 1. The summed E-state index contributed by atoms with van der Waals surface area (Å²) < 4.78 is 5.39. The largest absolute Gasteiger partial charge is 0.496 e. The minimum atomic E-state index is 0. The number of para-hydroxylation sites is 1. The van der Waals surface area contributed by atoms with Crippen LogP contribution in [0.3, 0.4) is 0 Å². The molecule has 0 aliphatic carbocycles. The highest BCUT2D eigenvalue weighted by Crippen LogP contribution is 2.17. The van der Waals surface area contributed by atoms with Crippen molar-refractivity contribution in [1.82, 2.24) is 15.5 Å². The Hall–Kier alpha value is -2.29. The van der Waals surface area contributed by atoms with Gasteiger partial charge in [-0.05, 0) is 23.6 Å². The molecule has 0 radical (unpaired) electrons. The van der Waals surface area contributed by atoms with Gasteiger partial charge in [-0.15, -0.1) is 24.0 Å². The second kappa shape index (κ2) is 11.6. The van der Waals surface area contributed by atoms with Gasteiger partial charge in [0.2, 0.25) is 5.91 Å². The number of methoxy groups -OCH3 is 1. The number of benzene rings is 2. The molecule has 0 unspecified atom stereocenters. The zero-order valence-corrected chi connectivity index (χ0v) is 19.3. The van der Waals surface area contributed by atoms with E-state index < -0.39 is 0 Å². The molecule has 1 heterocycles. The molecule has 1 saturated heterocycles. The van der Waals surface area contributed by atoms with Crippen molar-refractivity contribution in [2.45, 2.75) is 32.5 Å². The third kappa shape index (κ3) is 6.62. The maximum Gasteiger partial charge on any atom is 0.222 e. The van der Waals surface area contributed by atoms with Crippen LogP contribution in [0.15, 0.2) is 53.5 Å². The van der Waals surface area contributed by atoms with Crippen molar-refractivity contribution in [3.63, 3.8) is 0 Å². The first kappa shape index (κ1) is 23.0. The van der Waals surface area contributed by atoms with E-state index in [0.29, 0.717) is 26.1 Å². The lowest BCUT2D eigenvalue weighted by atomic mass is 10.1. The number of nitrogens with one attached hydrogen (secondary N) is 2. The number of aliphatic imine (C=N–C) groups is 1. The Bertz CT molecular complexity index is 841. The molecule has 0 bridgehead atoms. The highest BCUT2D eigenvalue weighted by molar-refractivity contribution is 14.0. The van der Waals surface area contributed by atoms with E-state index in [9.17, 15) is 4.79 Å². The fourth-order valence-electron chi connectivity index (χ4n) is 3.36. The number of carbonyl (C=O) groups is 1. The average molecular weight is 508 g/mol. The van der Waals surface area contributed by atoms with E-state index in [1.54, 1.807) is 14.2 Å². The van der Waals surface area contributed by atoms with Gasteiger partial charge in [0.15, 0.2) is 5.96 Å². The Morgan fingerprint density at radius 2 is 1.86 bits per heavy atom. The van der Waals surface area contributed by atoms with Crippen LogP contribution in [0.4, 0.5) is 0 Å². The first-order chi connectivity index (χ1) is 13.7. The standard InChI is InChI=1S/C22H28N4O2.HI/c1-23-22(25-15-19-9-3-4-10-20(19)28-2)24-14-17-7-5-8-18(13-17)16-26-12-6-11-21(26)27;/h3-5,7-10,13H,6,11-12,14-16H2,1-2H3,(H2,23,24,25);1H. The molecular formula is C22H29IN4O2. The molecule has 156 valence electrons. The second-order valence-electron chi connectivity index (χ2n) is 6.83. The quantitative estimate of drug-likeness (QED) is 0.342. The molecule has 7 heteroatoms. The normalized spacial score (nSPS) is 13.8. The van der Waals surface area contributed by atoms with E-state index >= 15 is 0 Å². The van der Waals surface area contributed by atoms with Gasteiger partial charge in [0.1, 0.15) is 5.75 Å². The minimum Gasteiger partial charge on any atom is -0.496 e. The topological polar surface area (TPSA) is 66.0 Å². The average Bonchev–Trinajstić information content (AvgIpc) is 3.13. The van der Waals surface area contributed by atoms with Gasteiger partial charge in [0.25, 0.3) is 0 Å². The zero-order chi connectivity index (χ0) is 19.8. The molecule has 29 heavy (non-hydrogen) atoms. The number of rotatable bonds is 7. The summed E-state index contributed by atoms with van der Waals surface area (Å²) in [5.41, 5.74) is 3.39.